The third kappa shape index (κ3) is 3.00. The SMILES string of the molecule is CCN1C(=S)O/C(=C\c2ccc(-c3ccccc3OC)o2)C1=S. The average Bonchev–Trinajstić information content (AvgIpc) is 3.12. The molecular weight excluding hydrogens is 330 g/mol. The van der Waals surface area contributed by atoms with E-state index in [-0.39, 0.29) is 0 Å². The normalized spacial score (nSPS) is 16.1. The molecule has 1 aliphatic heterocycles. The topological polar surface area (TPSA) is 34.8 Å². The van der Waals surface area contributed by atoms with Crippen molar-refractivity contribution in [2.75, 3.05) is 13.7 Å². The van der Waals surface area contributed by atoms with Gasteiger partial charge in [0.15, 0.2) is 10.7 Å². The summed E-state index contributed by atoms with van der Waals surface area (Å²) in [7, 11) is 1.63. The van der Waals surface area contributed by atoms with Gasteiger partial charge in [-0.3, -0.25) is 4.90 Å². The maximum atomic E-state index is 5.87. The Kier molecular flexibility index (Phi) is 4.45. The fraction of sp³-hybridized carbons (Fsp3) is 0.176. The molecule has 23 heavy (non-hydrogen) atoms. The zero-order valence-electron chi connectivity index (χ0n) is 12.7. The molecule has 1 aromatic heterocycles. The Hall–Kier alpha value is -2.18. The molecule has 0 spiro atoms. The van der Waals surface area contributed by atoms with E-state index in [0.717, 1.165) is 11.3 Å². The van der Waals surface area contributed by atoms with Crippen LogP contribution in [0.4, 0.5) is 0 Å². The van der Waals surface area contributed by atoms with Crippen LogP contribution in [0.1, 0.15) is 12.7 Å². The van der Waals surface area contributed by atoms with Gasteiger partial charge < -0.3 is 13.9 Å². The van der Waals surface area contributed by atoms with Gasteiger partial charge in [0.1, 0.15) is 17.3 Å². The lowest BCUT2D eigenvalue weighted by atomic mass is 10.1. The quantitative estimate of drug-likeness (QED) is 0.608. The molecule has 0 aliphatic carbocycles. The van der Waals surface area contributed by atoms with Gasteiger partial charge in [0.05, 0.1) is 12.7 Å². The van der Waals surface area contributed by atoms with Gasteiger partial charge in [-0.2, -0.15) is 0 Å². The van der Waals surface area contributed by atoms with Crippen molar-refractivity contribution in [1.82, 2.24) is 4.90 Å². The molecule has 1 aliphatic rings. The van der Waals surface area contributed by atoms with Gasteiger partial charge in [0.25, 0.3) is 5.17 Å². The molecule has 0 atom stereocenters. The Morgan fingerprint density at radius 3 is 2.65 bits per heavy atom. The minimum atomic E-state index is 0.375. The molecule has 6 heteroatoms. The summed E-state index contributed by atoms with van der Waals surface area (Å²) in [5.41, 5.74) is 0.889. The number of rotatable bonds is 4. The molecule has 1 aromatic carbocycles. The van der Waals surface area contributed by atoms with Crippen LogP contribution in [-0.2, 0) is 4.74 Å². The van der Waals surface area contributed by atoms with Gasteiger partial charge in [-0.05, 0) is 43.4 Å². The Balaban J connectivity index is 1.90. The largest absolute Gasteiger partial charge is 0.496 e. The van der Waals surface area contributed by atoms with Crippen molar-refractivity contribution in [2.45, 2.75) is 6.92 Å². The highest BCUT2D eigenvalue weighted by Crippen LogP contribution is 2.32. The molecule has 0 radical (unpaired) electrons. The van der Waals surface area contributed by atoms with Crippen LogP contribution in [0, 0.1) is 0 Å². The van der Waals surface area contributed by atoms with Crippen molar-refractivity contribution in [3.63, 3.8) is 0 Å². The Morgan fingerprint density at radius 1 is 1.17 bits per heavy atom. The molecule has 0 amide bonds. The van der Waals surface area contributed by atoms with Crippen LogP contribution in [-0.4, -0.2) is 28.7 Å². The van der Waals surface area contributed by atoms with Gasteiger partial charge in [0, 0.05) is 12.6 Å². The van der Waals surface area contributed by atoms with E-state index in [1.54, 1.807) is 18.1 Å². The fourth-order valence-corrected chi connectivity index (χ4v) is 3.01. The van der Waals surface area contributed by atoms with Crippen LogP contribution in [0.2, 0.25) is 0 Å². The lowest BCUT2D eigenvalue weighted by Gasteiger charge is -2.09. The zero-order valence-corrected chi connectivity index (χ0v) is 14.4. The van der Waals surface area contributed by atoms with Crippen molar-refractivity contribution in [1.29, 1.82) is 0 Å². The van der Waals surface area contributed by atoms with Gasteiger partial charge in [-0.1, -0.05) is 24.4 Å². The molecule has 2 aromatic rings. The Morgan fingerprint density at radius 2 is 1.96 bits per heavy atom. The van der Waals surface area contributed by atoms with Crippen LogP contribution in [0.15, 0.2) is 46.6 Å². The predicted octanol–water partition coefficient (Wildman–Crippen LogP) is 4.26. The van der Waals surface area contributed by atoms with E-state index in [1.165, 1.54) is 0 Å². The number of thiocarbonyl (C=S) groups is 2. The summed E-state index contributed by atoms with van der Waals surface area (Å²) < 4.78 is 16.8. The first-order valence-electron chi connectivity index (χ1n) is 7.12. The average molecular weight is 345 g/mol. The number of hydrogen-bond acceptors (Lipinski definition) is 5. The van der Waals surface area contributed by atoms with Crippen molar-refractivity contribution < 1.29 is 13.9 Å². The van der Waals surface area contributed by atoms with Crippen LogP contribution < -0.4 is 4.74 Å². The summed E-state index contributed by atoms with van der Waals surface area (Å²) in [5, 5.41) is 0.375. The molecule has 2 heterocycles. The molecule has 1 fully saturated rings. The van der Waals surface area contributed by atoms with Crippen LogP contribution >= 0.6 is 24.4 Å². The van der Waals surface area contributed by atoms with Gasteiger partial charge in [-0.15, -0.1) is 0 Å². The number of para-hydroxylation sites is 1. The highest BCUT2D eigenvalue weighted by Gasteiger charge is 2.28. The lowest BCUT2D eigenvalue weighted by Crippen LogP contribution is -2.26. The second-order valence-electron chi connectivity index (χ2n) is 4.83. The summed E-state index contributed by atoms with van der Waals surface area (Å²) >= 11 is 10.5. The summed E-state index contributed by atoms with van der Waals surface area (Å²) in [6, 6.07) is 11.4. The van der Waals surface area contributed by atoms with E-state index in [9.17, 15) is 0 Å². The number of benzene rings is 1. The zero-order chi connectivity index (χ0) is 16.4. The number of hydrogen-bond donors (Lipinski definition) is 0. The van der Waals surface area contributed by atoms with E-state index >= 15 is 0 Å². The van der Waals surface area contributed by atoms with Gasteiger partial charge in [0.2, 0.25) is 0 Å². The molecule has 3 rings (SSSR count). The highest BCUT2D eigenvalue weighted by molar-refractivity contribution is 7.82. The number of nitrogens with zero attached hydrogens (tertiary/aromatic N) is 1. The Labute approximate surface area is 145 Å². The first kappa shape index (κ1) is 15.7. The highest BCUT2D eigenvalue weighted by atomic mass is 32.1. The van der Waals surface area contributed by atoms with Crippen molar-refractivity contribution >= 4 is 40.7 Å². The monoisotopic (exact) mass is 345 g/mol. The van der Waals surface area contributed by atoms with Crippen molar-refractivity contribution in [3.05, 3.63) is 47.9 Å². The maximum Gasteiger partial charge on any atom is 0.270 e. The first-order chi connectivity index (χ1) is 11.1. The molecule has 0 bridgehead atoms. The minimum absolute atomic E-state index is 0.375. The molecule has 0 unspecified atom stereocenters. The van der Waals surface area contributed by atoms with Crippen LogP contribution in [0.3, 0.4) is 0 Å². The van der Waals surface area contributed by atoms with Crippen molar-refractivity contribution in [3.8, 4) is 17.1 Å². The van der Waals surface area contributed by atoms with E-state index in [0.29, 0.717) is 34.0 Å². The molecule has 4 nitrogen and oxygen atoms in total. The number of methoxy groups -OCH3 is 1. The maximum absolute atomic E-state index is 5.87. The second kappa shape index (κ2) is 6.52. The van der Waals surface area contributed by atoms with E-state index in [1.807, 2.05) is 43.3 Å². The number of ether oxygens (including phenoxy) is 2. The standard InChI is InChI=1S/C17H15NO3S2/c1-3-18-16(22)15(21-17(18)23)10-11-8-9-14(20-11)12-6-4-5-7-13(12)19-2/h4-10H,3H2,1-2H3/b15-10-. The lowest BCUT2D eigenvalue weighted by molar-refractivity contribution is 0.414. The molecule has 1 saturated heterocycles. The third-order valence-corrected chi connectivity index (χ3v) is 4.19. The second-order valence-corrected chi connectivity index (χ2v) is 5.56. The minimum Gasteiger partial charge on any atom is -0.496 e. The predicted molar refractivity (Wildman–Crippen MR) is 97.3 cm³/mol. The van der Waals surface area contributed by atoms with Crippen LogP contribution in [0.25, 0.3) is 17.4 Å². The molecule has 0 N–H and O–H groups in total. The summed E-state index contributed by atoms with van der Waals surface area (Å²) in [4.78, 5) is 2.34. The van der Waals surface area contributed by atoms with Gasteiger partial charge >= 0.3 is 0 Å². The first-order valence-corrected chi connectivity index (χ1v) is 7.94. The number of furan rings is 1. The summed E-state index contributed by atoms with van der Waals surface area (Å²) in [6.07, 6.45) is 1.75. The summed E-state index contributed by atoms with van der Waals surface area (Å²) in [5.74, 6) is 2.65. The molecular formula is C17H15NO3S2. The van der Waals surface area contributed by atoms with Crippen molar-refractivity contribution in [2.24, 2.45) is 0 Å². The smallest absolute Gasteiger partial charge is 0.270 e. The fourth-order valence-electron chi connectivity index (χ4n) is 2.33. The Bertz CT molecular complexity index is 795. The van der Waals surface area contributed by atoms with E-state index in [4.69, 9.17) is 38.3 Å². The van der Waals surface area contributed by atoms with Gasteiger partial charge in [-0.25, -0.2) is 0 Å². The molecule has 118 valence electrons. The molecule has 0 saturated carbocycles. The number of likely N-dealkylation sites (N-methyl/N-ethyl adjacent to an activating group) is 1. The van der Waals surface area contributed by atoms with E-state index < -0.39 is 0 Å². The van der Waals surface area contributed by atoms with Crippen LogP contribution in [0.5, 0.6) is 5.75 Å². The van der Waals surface area contributed by atoms with E-state index in [2.05, 4.69) is 0 Å². The third-order valence-electron chi connectivity index (χ3n) is 3.46. The summed E-state index contributed by atoms with van der Waals surface area (Å²) in [6.45, 7) is 2.65.